The van der Waals surface area contributed by atoms with Gasteiger partial charge in [0.1, 0.15) is 5.75 Å². The summed E-state index contributed by atoms with van der Waals surface area (Å²) in [6.07, 6.45) is 4.72. The van der Waals surface area contributed by atoms with Gasteiger partial charge in [-0.15, -0.1) is 0 Å². The van der Waals surface area contributed by atoms with Crippen LogP contribution >= 0.6 is 0 Å². The van der Waals surface area contributed by atoms with Crippen molar-refractivity contribution in [2.45, 2.75) is 24.9 Å². The minimum atomic E-state index is -0.791. The van der Waals surface area contributed by atoms with Crippen LogP contribution in [0.15, 0.2) is 133 Å². The normalized spacial score (nSPS) is 19.1. The van der Waals surface area contributed by atoms with Crippen molar-refractivity contribution in [3.8, 4) is 16.9 Å². The molecular formula is C48H37NO2. The summed E-state index contributed by atoms with van der Waals surface area (Å²) in [7, 11) is 0. The second kappa shape index (κ2) is 10.4. The third kappa shape index (κ3) is 3.67. The van der Waals surface area contributed by atoms with Crippen LogP contribution in [0, 0.1) is 13.8 Å². The van der Waals surface area contributed by atoms with Gasteiger partial charge in [0, 0.05) is 35.5 Å². The van der Waals surface area contributed by atoms with Crippen LogP contribution in [-0.2, 0) is 15.8 Å². The van der Waals surface area contributed by atoms with Gasteiger partial charge in [0.15, 0.2) is 5.60 Å². The lowest BCUT2D eigenvalue weighted by molar-refractivity contribution is 0.122. The maximum Gasteiger partial charge on any atom is 0.178 e. The first-order valence-corrected chi connectivity index (χ1v) is 18.2. The van der Waals surface area contributed by atoms with E-state index in [9.17, 15) is 0 Å². The molecule has 1 fully saturated rings. The van der Waals surface area contributed by atoms with E-state index < -0.39 is 11.0 Å². The van der Waals surface area contributed by atoms with Crippen molar-refractivity contribution >= 4 is 33.3 Å². The molecule has 51 heavy (non-hydrogen) atoms. The second-order valence-corrected chi connectivity index (χ2v) is 14.6. The maximum atomic E-state index is 7.62. The smallest absolute Gasteiger partial charge is 0.178 e. The number of benzene rings is 7. The molecule has 3 heteroatoms. The van der Waals surface area contributed by atoms with Crippen LogP contribution in [-0.4, -0.2) is 26.3 Å². The van der Waals surface area contributed by atoms with Crippen LogP contribution in [0.2, 0.25) is 0 Å². The zero-order valence-corrected chi connectivity index (χ0v) is 28.9. The molecule has 246 valence electrons. The lowest BCUT2D eigenvalue weighted by Crippen LogP contribution is -2.37. The molecule has 1 unspecified atom stereocenters. The van der Waals surface area contributed by atoms with Gasteiger partial charge in [-0.25, -0.2) is 0 Å². The number of morpholine rings is 1. The molecule has 0 N–H and O–H groups in total. The van der Waals surface area contributed by atoms with Crippen molar-refractivity contribution < 1.29 is 9.47 Å². The maximum absolute atomic E-state index is 7.62. The molecule has 0 aromatic heterocycles. The van der Waals surface area contributed by atoms with Crippen molar-refractivity contribution in [2.24, 2.45) is 0 Å². The first-order valence-electron chi connectivity index (χ1n) is 18.2. The molecule has 7 aromatic carbocycles. The van der Waals surface area contributed by atoms with Gasteiger partial charge in [0.25, 0.3) is 0 Å². The number of anilines is 1. The van der Waals surface area contributed by atoms with Gasteiger partial charge < -0.3 is 14.4 Å². The van der Waals surface area contributed by atoms with E-state index in [-0.39, 0.29) is 0 Å². The molecule has 0 radical (unpaired) electrons. The largest absolute Gasteiger partial charge is 0.473 e. The Labute approximate surface area is 298 Å². The van der Waals surface area contributed by atoms with Crippen LogP contribution in [0.25, 0.3) is 38.7 Å². The number of hydrogen-bond acceptors (Lipinski definition) is 3. The average Bonchev–Trinajstić information content (AvgIpc) is 3.68. The zero-order valence-electron chi connectivity index (χ0n) is 28.9. The van der Waals surface area contributed by atoms with Crippen LogP contribution in [0.5, 0.6) is 5.75 Å². The Kier molecular flexibility index (Phi) is 5.96. The predicted octanol–water partition coefficient (Wildman–Crippen LogP) is 10.5. The Morgan fingerprint density at radius 1 is 0.588 bits per heavy atom. The fraction of sp³-hybridized carbons (Fsp3) is 0.167. The molecule has 1 atom stereocenters. The molecule has 7 aromatic rings. The molecule has 2 heterocycles. The third-order valence-corrected chi connectivity index (χ3v) is 12.3. The van der Waals surface area contributed by atoms with E-state index >= 15 is 0 Å². The van der Waals surface area contributed by atoms with E-state index in [1.165, 1.54) is 77.3 Å². The first kappa shape index (κ1) is 29.1. The van der Waals surface area contributed by atoms with Crippen molar-refractivity contribution in [3.05, 3.63) is 184 Å². The van der Waals surface area contributed by atoms with Gasteiger partial charge in [0.2, 0.25) is 0 Å². The lowest BCUT2D eigenvalue weighted by atomic mass is 9.68. The molecule has 4 aliphatic rings. The van der Waals surface area contributed by atoms with E-state index in [1.807, 2.05) is 0 Å². The zero-order chi connectivity index (χ0) is 33.9. The molecule has 1 saturated heterocycles. The SMILES string of the molecule is Cc1c(C)c2c(c3c1OC(c1ccccc1)(c1ccc(N4CCOCC4)cc1)C=C3)C1(c3ccccc3-2)c2cccc3ccc4cccc1c4c23. The summed E-state index contributed by atoms with van der Waals surface area (Å²) < 4.78 is 13.3. The van der Waals surface area contributed by atoms with Crippen molar-refractivity contribution in [1.29, 1.82) is 0 Å². The number of hydrogen-bond donors (Lipinski definition) is 0. The Morgan fingerprint density at radius 2 is 1.22 bits per heavy atom. The van der Waals surface area contributed by atoms with Gasteiger partial charge in [-0.2, -0.15) is 0 Å². The Hall–Kier alpha value is -5.64. The monoisotopic (exact) mass is 659 g/mol. The first-order chi connectivity index (χ1) is 25.1. The topological polar surface area (TPSA) is 21.7 Å². The van der Waals surface area contributed by atoms with Crippen molar-refractivity contribution in [1.82, 2.24) is 0 Å². The summed E-state index contributed by atoms with van der Waals surface area (Å²) in [4.78, 5) is 2.41. The number of fused-ring (bicyclic) bond motifs is 9. The average molecular weight is 660 g/mol. The van der Waals surface area contributed by atoms with E-state index in [2.05, 4.69) is 158 Å². The van der Waals surface area contributed by atoms with Gasteiger partial charge in [-0.05, 0) is 98.1 Å². The third-order valence-electron chi connectivity index (χ3n) is 12.3. The van der Waals surface area contributed by atoms with Crippen LogP contribution < -0.4 is 9.64 Å². The molecule has 0 bridgehead atoms. The number of rotatable bonds is 3. The molecule has 1 spiro atoms. The molecular weight excluding hydrogens is 623 g/mol. The number of nitrogens with zero attached hydrogens (tertiary/aromatic N) is 1. The van der Waals surface area contributed by atoms with E-state index in [1.54, 1.807) is 0 Å². The van der Waals surface area contributed by atoms with E-state index in [4.69, 9.17) is 9.47 Å². The summed E-state index contributed by atoms with van der Waals surface area (Å²) in [5, 5.41) is 5.34. The van der Waals surface area contributed by atoms with Gasteiger partial charge in [-0.1, -0.05) is 121 Å². The van der Waals surface area contributed by atoms with Gasteiger partial charge >= 0.3 is 0 Å². The summed E-state index contributed by atoms with van der Waals surface area (Å²) in [6.45, 7) is 7.90. The highest BCUT2D eigenvalue weighted by Gasteiger charge is 2.54. The van der Waals surface area contributed by atoms with Gasteiger partial charge in [-0.3, -0.25) is 0 Å². The Morgan fingerprint density at radius 3 is 1.92 bits per heavy atom. The fourth-order valence-corrected chi connectivity index (χ4v) is 9.96. The quantitative estimate of drug-likeness (QED) is 0.176. The molecule has 0 amide bonds. The predicted molar refractivity (Wildman–Crippen MR) is 208 cm³/mol. The fourth-order valence-electron chi connectivity index (χ4n) is 9.96. The molecule has 3 nitrogen and oxygen atoms in total. The summed E-state index contributed by atoms with van der Waals surface area (Å²) in [5.74, 6) is 0.970. The minimum Gasteiger partial charge on any atom is -0.473 e. The Balaban J connectivity index is 1.19. The summed E-state index contributed by atoms with van der Waals surface area (Å²) in [6, 6.07) is 47.3. The minimum absolute atomic E-state index is 0.461. The lowest BCUT2D eigenvalue weighted by Gasteiger charge is -2.40. The highest BCUT2D eigenvalue weighted by Crippen LogP contribution is 2.65. The Bertz CT molecular complexity index is 2550. The molecule has 2 aliphatic carbocycles. The van der Waals surface area contributed by atoms with Crippen LogP contribution in [0.4, 0.5) is 5.69 Å². The molecule has 2 aliphatic heterocycles. The highest BCUT2D eigenvalue weighted by molar-refractivity contribution is 6.18. The van der Waals surface area contributed by atoms with E-state index in [0.29, 0.717) is 0 Å². The number of ether oxygens (including phenoxy) is 2. The second-order valence-electron chi connectivity index (χ2n) is 14.6. The van der Waals surface area contributed by atoms with Gasteiger partial charge in [0.05, 0.1) is 18.6 Å². The van der Waals surface area contributed by atoms with Crippen LogP contribution in [0.3, 0.4) is 0 Å². The van der Waals surface area contributed by atoms with E-state index in [0.717, 1.165) is 43.2 Å². The summed E-state index contributed by atoms with van der Waals surface area (Å²) in [5.41, 5.74) is 14.0. The van der Waals surface area contributed by atoms with Crippen molar-refractivity contribution in [2.75, 3.05) is 31.2 Å². The summed E-state index contributed by atoms with van der Waals surface area (Å²) >= 11 is 0. The van der Waals surface area contributed by atoms with Crippen molar-refractivity contribution in [3.63, 3.8) is 0 Å². The van der Waals surface area contributed by atoms with Crippen LogP contribution in [0.1, 0.15) is 50.1 Å². The standard InChI is InChI=1S/C48H37NO2/c1-30-31(2)46-38(24-25-47(51-46,34-12-4-3-5-13-34)35-20-22-36(23-21-35)49-26-28-50-29-27-49)45-42(30)37-14-6-7-15-39(37)48(45)40-16-8-10-32-18-19-33-11-9-17-41(48)44(33)43(32)40/h3-25H,26-29H2,1-2H3. The molecule has 0 saturated carbocycles. The highest BCUT2D eigenvalue weighted by atomic mass is 16.5. The molecule has 11 rings (SSSR count).